The number of rotatable bonds is 3. The van der Waals surface area contributed by atoms with Crippen LogP contribution in [0.1, 0.15) is 0 Å². The molecule has 0 unspecified atom stereocenters. The van der Waals surface area contributed by atoms with Crippen LogP contribution in [0.2, 0.25) is 0 Å². The summed E-state index contributed by atoms with van der Waals surface area (Å²) >= 11 is 0. The number of aromatic nitrogens is 4. The lowest BCUT2D eigenvalue weighted by molar-refractivity contribution is 0.122. The van der Waals surface area contributed by atoms with E-state index in [1.807, 2.05) is 12.1 Å². The largest absolute Gasteiger partial charge is 0.463 e. The monoisotopic (exact) mass is 309 g/mol. The van der Waals surface area contributed by atoms with Crippen LogP contribution in [0.5, 0.6) is 0 Å². The van der Waals surface area contributed by atoms with Gasteiger partial charge in [0.15, 0.2) is 5.76 Å². The molecule has 0 radical (unpaired) electrons. The summed E-state index contributed by atoms with van der Waals surface area (Å²) in [5.41, 5.74) is 2.23. The highest BCUT2D eigenvalue weighted by Crippen LogP contribution is 2.30. The van der Waals surface area contributed by atoms with Crippen LogP contribution in [0.15, 0.2) is 47.6 Å². The minimum Gasteiger partial charge on any atom is -0.463 e. The second kappa shape index (κ2) is 6.13. The van der Waals surface area contributed by atoms with E-state index in [-0.39, 0.29) is 0 Å². The Balaban J connectivity index is 1.80. The molecule has 7 nitrogen and oxygen atoms in total. The van der Waals surface area contributed by atoms with Crippen LogP contribution < -0.4 is 4.90 Å². The third-order valence-corrected chi connectivity index (χ3v) is 3.66. The highest BCUT2D eigenvalue weighted by molar-refractivity contribution is 5.76. The average Bonchev–Trinajstić information content (AvgIpc) is 3.17. The molecule has 0 aromatic carbocycles. The van der Waals surface area contributed by atoms with E-state index in [4.69, 9.17) is 14.1 Å². The van der Waals surface area contributed by atoms with Crippen molar-refractivity contribution < 1.29 is 9.15 Å². The lowest BCUT2D eigenvalue weighted by Gasteiger charge is -2.27. The smallest absolute Gasteiger partial charge is 0.226 e. The molecule has 1 aliphatic rings. The average molecular weight is 309 g/mol. The Hall–Kier alpha value is -2.80. The highest BCUT2D eigenvalue weighted by atomic mass is 16.5. The first-order valence-electron chi connectivity index (χ1n) is 7.42. The summed E-state index contributed by atoms with van der Waals surface area (Å²) in [7, 11) is 0. The van der Waals surface area contributed by atoms with Gasteiger partial charge in [-0.05, 0) is 12.1 Å². The minimum atomic E-state index is 0.673. The van der Waals surface area contributed by atoms with Crippen molar-refractivity contribution in [2.75, 3.05) is 31.2 Å². The molecular weight excluding hydrogens is 294 g/mol. The maximum Gasteiger partial charge on any atom is 0.226 e. The Kier molecular flexibility index (Phi) is 3.69. The molecule has 1 fully saturated rings. The van der Waals surface area contributed by atoms with Gasteiger partial charge in [0.05, 0.1) is 31.4 Å². The van der Waals surface area contributed by atoms with Gasteiger partial charge in [-0.1, -0.05) is 0 Å². The van der Waals surface area contributed by atoms with Crippen molar-refractivity contribution in [2.24, 2.45) is 0 Å². The van der Waals surface area contributed by atoms with Gasteiger partial charge >= 0.3 is 0 Å². The van der Waals surface area contributed by atoms with Crippen LogP contribution in [-0.4, -0.2) is 46.2 Å². The second-order valence-electron chi connectivity index (χ2n) is 5.10. The van der Waals surface area contributed by atoms with Gasteiger partial charge in [-0.2, -0.15) is 0 Å². The van der Waals surface area contributed by atoms with Crippen molar-refractivity contribution in [3.05, 3.63) is 43.2 Å². The topological polar surface area (TPSA) is 77.2 Å². The number of ether oxygens (including phenoxy) is 1. The summed E-state index contributed by atoms with van der Waals surface area (Å²) in [4.78, 5) is 19.8. The molecule has 0 aliphatic carbocycles. The second-order valence-corrected chi connectivity index (χ2v) is 5.10. The highest BCUT2D eigenvalue weighted by Gasteiger charge is 2.19. The molecule has 0 saturated carbocycles. The van der Waals surface area contributed by atoms with Crippen LogP contribution >= 0.6 is 0 Å². The number of hydrogen-bond donors (Lipinski definition) is 0. The predicted molar refractivity (Wildman–Crippen MR) is 83.8 cm³/mol. The van der Waals surface area contributed by atoms with Gasteiger partial charge in [0.1, 0.15) is 5.69 Å². The van der Waals surface area contributed by atoms with Gasteiger partial charge in [-0.25, -0.2) is 9.97 Å². The number of anilines is 1. The van der Waals surface area contributed by atoms with E-state index in [9.17, 15) is 0 Å². The molecule has 1 saturated heterocycles. The Labute approximate surface area is 133 Å². The summed E-state index contributed by atoms with van der Waals surface area (Å²) in [5.74, 6) is 1.36. The fraction of sp³-hybridized carbons (Fsp3) is 0.250. The van der Waals surface area contributed by atoms with Crippen molar-refractivity contribution in [2.45, 2.75) is 0 Å². The molecular formula is C16H15N5O2. The van der Waals surface area contributed by atoms with Crippen molar-refractivity contribution in [3.8, 4) is 22.7 Å². The Bertz CT molecular complexity index is 770. The summed E-state index contributed by atoms with van der Waals surface area (Å²) in [6.07, 6.45) is 8.39. The Morgan fingerprint density at radius 3 is 2.70 bits per heavy atom. The van der Waals surface area contributed by atoms with Crippen LogP contribution in [-0.2, 0) is 4.74 Å². The van der Waals surface area contributed by atoms with Crippen molar-refractivity contribution >= 4 is 5.95 Å². The number of hydrogen-bond acceptors (Lipinski definition) is 7. The molecule has 23 heavy (non-hydrogen) atoms. The summed E-state index contributed by atoms with van der Waals surface area (Å²) < 4.78 is 10.9. The normalized spacial score (nSPS) is 14.9. The maximum atomic E-state index is 5.54. The van der Waals surface area contributed by atoms with E-state index in [0.29, 0.717) is 36.3 Å². The predicted octanol–water partition coefficient (Wildman–Crippen LogP) is 2.03. The summed E-state index contributed by atoms with van der Waals surface area (Å²) in [6, 6.07) is 3.72. The van der Waals surface area contributed by atoms with Crippen LogP contribution in [0.25, 0.3) is 22.7 Å². The van der Waals surface area contributed by atoms with Crippen molar-refractivity contribution in [3.63, 3.8) is 0 Å². The molecule has 0 spiro atoms. The third-order valence-electron chi connectivity index (χ3n) is 3.66. The molecule has 3 aromatic heterocycles. The van der Waals surface area contributed by atoms with Gasteiger partial charge in [-0.15, -0.1) is 0 Å². The first kappa shape index (κ1) is 13.8. The quantitative estimate of drug-likeness (QED) is 0.732. The van der Waals surface area contributed by atoms with Gasteiger partial charge in [0.2, 0.25) is 5.95 Å². The lowest BCUT2D eigenvalue weighted by atomic mass is 10.1. The van der Waals surface area contributed by atoms with Crippen molar-refractivity contribution in [1.82, 2.24) is 19.9 Å². The Morgan fingerprint density at radius 2 is 1.96 bits per heavy atom. The number of furan rings is 1. The van der Waals surface area contributed by atoms with E-state index in [0.717, 1.165) is 18.7 Å². The first-order chi connectivity index (χ1) is 11.4. The molecule has 0 atom stereocenters. The molecule has 4 heterocycles. The SMILES string of the molecule is c1coc(-c2nc(N3CCOCC3)ncc2-c2cnccn2)c1. The molecule has 116 valence electrons. The summed E-state index contributed by atoms with van der Waals surface area (Å²) in [6.45, 7) is 2.93. The molecule has 4 rings (SSSR count). The Morgan fingerprint density at radius 1 is 1.04 bits per heavy atom. The van der Waals surface area contributed by atoms with Crippen LogP contribution in [0.4, 0.5) is 5.95 Å². The molecule has 1 aliphatic heterocycles. The van der Waals surface area contributed by atoms with E-state index < -0.39 is 0 Å². The third kappa shape index (κ3) is 2.78. The molecule has 7 heteroatoms. The first-order valence-corrected chi connectivity index (χ1v) is 7.42. The fourth-order valence-corrected chi connectivity index (χ4v) is 2.51. The van der Waals surface area contributed by atoms with E-state index in [1.54, 1.807) is 31.1 Å². The standard InChI is InChI=1S/C16H15N5O2/c1-2-14(23-7-1)15-12(13-11-17-3-4-18-13)10-19-16(20-15)21-5-8-22-9-6-21/h1-4,7,10-11H,5-6,8-9H2. The fourth-order valence-electron chi connectivity index (χ4n) is 2.51. The number of nitrogens with zero attached hydrogens (tertiary/aromatic N) is 5. The zero-order valence-electron chi connectivity index (χ0n) is 12.4. The zero-order valence-corrected chi connectivity index (χ0v) is 12.4. The lowest BCUT2D eigenvalue weighted by Crippen LogP contribution is -2.37. The molecule has 0 amide bonds. The molecule has 0 N–H and O–H groups in total. The molecule has 0 bridgehead atoms. The maximum absolute atomic E-state index is 5.54. The van der Waals surface area contributed by atoms with Crippen LogP contribution in [0.3, 0.4) is 0 Å². The van der Waals surface area contributed by atoms with E-state index >= 15 is 0 Å². The van der Waals surface area contributed by atoms with Gasteiger partial charge < -0.3 is 14.1 Å². The van der Waals surface area contributed by atoms with Gasteiger partial charge in [0.25, 0.3) is 0 Å². The number of morpholine rings is 1. The van der Waals surface area contributed by atoms with Crippen molar-refractivity contribution in [1.29, 1.82) is 0 Å². The summed E-state index contributed by atoms with van der Waals surface area (Å²) in [5, 5.41) is 0. The molecule has 3 aromatic rings. The van der Waals surface area contributed by atoms with E-state index in [1.165, 1.54) is 0 Å². The van der Waals surface area contributed by atoms with Gasteiger partial charge in [0, 0.05) is 37.2 Å². The van der Waals surface area contributed by atoms with Gasteiger partial charge in [-0.3, -0.25) is 9.97 Å². The van der Waals surface area contributed by atoms with Crippen LogP contribution in [0, 0.1) is 0 Å². The zero-order chi connectivity index (χ0) is 15.5. The van der Waals surface area contributed by atoms with E-state index in [2.05, 4.69) is 19.9 Å². The minimum absolute atomic E-state index is 0.673.